The van der Waals surface area contributed by atoms with Gasteiger partial charge in [0, 0.05) is 26.5 Å². The number of fused-ring (bicyclic) bond motifs is 5. The maximum Gasteiger partial charge on any atom is 0.348 e. The Morgan fingerprint density at radius 2 is 1.68 bits per heavy atom. The lowest BCUT2D eigenvalue weighted by atomic mass is 9.45. The fourth-order valence-corrected chi connectivity index (χ4v) is 9.10. The van der Waals surface area contributed by atoms with Gasteiger partial charge in [-0.2, -0.15) is 0 Å². The summed E-state index contributed by atoms with van der Waals surface area (Å²) in [6.45, 7) is 3.45. The summed E-state index contributed by atoms with van der Waals surface area (Å²) in [7, 11) is 0. The molecule has 7 atom stereocenters. The number of aliphatic hydroxyl groups is 1. The quantitative estimate of drug-likeness (QED) is 0.410. The van der Waals surface area contributed by atoms with Crippen molar-refractivity contribution in [1.82, 2.24) is 0 Å². The zero-order chi connectivity index (χ0) is 29.2. The maximum absolute atomic E-state index is 17.3. The van der Waals surface area contributed by atoms with E-state index < -0.39 is 52.0 Å². The fourth-order valence-electron chi connectivity index (χ4n) is 8.26. The molecule has 0 radical (unpaired) electrons. The number of esters is 1. The molecule has 0 bridgehead atoms. The lowest BCUT2D eigenvalue weighted by Crippen LogP contribution is -2.69. The molecular formula is C33H33FO6S. The Hall–Kier alpha value is -3.23. The number of alkyl halides is 1. The van der Waals surface area contributed by atoms with Gasteiger partial charge in [0.25, 0.3) is 0 Å². The van der Waals surface area contributed by atoms with E-state index in [4.69, 9.17) is 4.74 Å². The second-order valence-electron chi connectivity index (χ2n) is 12.3. The molecule has 41 heavy (non-hydrogen) atoms. The molecule has 2 N–H and O–H groups in total. The molecule has 3 saturated carbocycles. The van der Waals surface area contributed by atoms with Gasteiger partial charge in [0.15, 0.2) is 11.5 Å². The van der Waals surface area contributed by atoms with Crippen LogP contribution in [0.25, 0.3) is 0 Å². The van der Waals surface area contributed by atoms with E-state index in [1.165, 1.54) is 12.2 Å². The normalized spacial score (nSPS) is 37.4. The van der Waals surface area contributed by atoms with Crippen LogP contribution < -0.4 is 0 Å². The number of carboxylic acid groups (broad SMARTS) is 1. The predicted octanol–water partition coefficient (Wildman–Crippen LogP) is 6.19. The van der Waals surface area contributed by atoms with Crippen LogP contribution in [0.15, 0.2) is 88.2 Å². The molecule has 214 valence electrons. The van der Waals surface area contributed by atoms with Crippen molar-refractivity contribution in [3.05, 3.63) is 84.0 Å². The van der Waals surface area contributed by atoms with Crippen LogP contribution in [0, 0.1) is 22.7 Å². The van der Waals surface area contributed by atoms with Crippen molar-refractivity contribution in [2.75, 3.05) is 0 Å². The fraction of sp³-hybridized carbons (Fsp3) is 0.424. The smallest absolute Gasteiger partial charge is 0.348 e. The molecule has 1 unspecified atom stereocenters. The molecule has 4 aliphatic carbocycles. The van der Waals surface area contributed by atoms with E-state index in [1.807, 2.05) is 30.3 Å². The van der Waals surface area contributed by atoms with Gasteiger partial charge in [-0.25, -0.2) is 14.0 Å². The highest BCUT2D eigenvalue weighted by Crippen LogP contribution is 2.70. The minimum Gasteiger partial charge on any atom is -0.478 e. The van der Waals surface area contributed by atoms with E-state index in [0.717, 1.165) is 9.79 Å². The molecule has 8 heteroatoms. The first-order valence-corrected chi connectivity index (χ1v) is 14.9. The van der Waals surface area contributed by atoms with E-state index in [2.05, 4.69) is 0 Å². The van der Waals surface area contributed by atoms with E-state index in [0.29, 0.717) is 24.8 Å². The molecule has 0 amide bonds. The van der Waals surface area contributed by atoms with Gasteiger partial charge in [0.05, 0.1) is 11.7 Å². The highest BCUT2D eigenvalue weighted by molar-refractivity contribution is 7.99. The molecule has 0 aliphatic heterocycles. The molecule has 2 aromatic carbocycles. The number of ether oxygens (including phenoxy) is 1. The van der Waals surface area contributed by atoms with Crippen molar-refractivity contribution < 1.29 is 33.7 Å². The van der Waals surface area contributed by atoms with E-state index in [1.54, 1.807) is 56.0 Å². The highest BCUT2D eigenvalue weighted by atomic mass is 32.2. The lowest BCUT2D eigenvalue weighted by molar-refractivity contribution is -0.222. The van der Waals surface area contributed by atoms with Crippen molar-refractivity contribution >= 4 is 29.5 Å². The van der Waals surface area contributed by atoms with Crippen LogP contribution in [-0.2, 0) is 14.3 Å². The largest absolute Gasteiger partial charge is 0.478 e. The molecule has 0 aromatic heterocycles. The summed E-state index contributed by atoms with van der Waals surface area (Å²) >= 11 is 1.54. The zero-order valence-corrected chi connectivity index (χ0v) is 23.8. The van der Waals surface area contributed by atoms with Crippen LogP contribution >= 0.6 is 11.8 Å². The Kier molecular flexibility index (Phi) is 6.58. The molecule has 0 heterocycles. The van der Waals surface area contributed by atoms with Gasteiger partial charge in [0.2, 0.25) is 5.60 Å². The summed E-state index contributed by atoms with van der Waals surface area (Å²) in [5.74, 6) is -3.33. The number of hydrogen-bond acceptors (Lipinski definition) is 6. The Labute approximate surface area is 242 Å². The van der Waals surface area contributed by atoms with Crippen LogP contribution in [0.2, 0.25) is 0 Å². The molecule has 0 saturated heterocycles. The van der Waals surface area contributed by atoms with Crippen LogP contribution in [0.5, 0.6) is 0 Å². The second kappa shape index (κ2) is 9.66. The zero-order valence-electron chi connectivity index (χ0n) is 23.0. The van der Waals surface area contributed by atoms with Gasteiger partial charge < -0.3 is 14.9 Å². The van der Waals surface area contributed by atoms with E-state index in [-0.39, 0.29) is 24.2 Å². The Morgan fingerprint density at radius 1 is 1.00 bits per heavy atom. The first-order valence-electron chi connectivity index (χ1n) is 14.1. The van der Waals surface area contributed by atoms with Gasteiger partial charge in [0.1, 0.15) is 0 Å². The summed E-state index contributed by atoms with van der Waals surface area (Å²) in [6.07, 6.45) is 3.95. The SMILES string of the molecule is C[C@]12C=CC(=O)C=C1CC[C@H]1[C@@H]3CC[C@@](OC(=O)c4ccc(Sc5ccccc5)cc4)(C(=O)O)[C@@]3(C)C[C@H](O)C12F. The number of rotatable bonds is 5. The third kappa shape index (κ3) is 3.97. The average molecular weight is 577 g/mol. The van der Waals surface area contributed by atoms with E-state index >= 15 is 4.39 Å². The van der Waals surface area contributed by atoms with Gasteiger partial charge in [-0.1, -0.05) is 48.5 Å². The number of allylic oxidation sites excluding steroid dienone is 4. The molecule has 3 fully saturated rings. The standard InChI is InChI=1S/C33H33FO6S/c1-30-16-14-22(35)18-21(30)10-13-26-25-15-17-32(29(38)39,31(25,2)19-27(36)33(26,30)34)40-28(37)20-8-11-24(12-9-20)41-23-6-4-3-5-7-23/h3-9,11-12,14,16,18,25-27,36H,10,13,15,17,19H2,1-2H3,(H,38,39)/t25-,26-,27-,30-,31-,32+,33?/m0/s1. The van der Waals surface area contributed by atoms with Crippen molar-refractivity contribution in [3.8, 4) is 0 Å². The number of halogens is 1. The molecular weight excluding hydrogens is 543 g/mol. The third-order valence-electron chi connectivity index (χ3n) is 10.4. The lowest BCUT2D eigenvalue weighted by Gasteiger charge is -2.62. The Morgan fingerprint density at radius 3 is 2.37 bits per heavy atom. The van der Waals surface area contributed by atoms with Gasteiger partial charge in [-0.05, 0) is 93.5 Å². The van der Waals surface area contributed by atoms with Gasteiger partial charge in [-0.3, -0.25) is 4.79 Å². The van der Waals surface area contributed by atoms with Crippen LogP contribution in [0.1, 0.15) is 56.3 Å². The topological polar surface area (TPSA) is 101 Å². The number of ketones is 1. The van der Waals surface area contributed by atoms with Crippen molar-refractivity contribution in [3.63, 3.8) is 0 Å². The molecule has 0 spiro atoms. The van der Waals surface area contributed by atoms with Gasteiger partial charge >= 0.3 is 11.9 Å². The summed E-state index contributed by atoms with van der Waals surface area (Å²) in [5, 5.41) is 22.1. The van der Waals surface area contributed by atoms with E-state index in [9.17, 15) is 24.6 Å². The summed E-state index contributed by atoms with van der Waals surface area (Å²) in [6, 6.07) is 16.6. The van der Waals surface area contributed by atoms with Crippen LogP contribution in [0.3, 0.4) is 0 Å². The molecule has 2 aromatic rings. The number of benzene rings is 2. The molecule has 6 nitrogen and oxygen atoms in total. The van der Waals surface area contributed by atoms with Crippen LogP contribution in [0.4, 0.5) is 4.39 Å². The number of carbonyl (C=O) groups excluding carboxylic acids is 2. The van der Waals surface area contributed by atoms with Crippen LogP contribution in [-0.4, -0.2) is 45.3 Å². The highest BCUT2D eigenvalue weighted by Gasteiger charge is 2.76. The summed E-state index contributed by atoms with van der Waals surface area (Å²) < 4.78 is 23.3. The third-order valence-corrected chi connectivity index (χ3v) is 11.5. The number of carbonyl (C=O) groups is 3. The maximum atomic E-state index is 17.3. The number of hydrogen-bond donors (Lipinski definition) is 2. The first kappa shape index (κ1) is 27.9. The minimum absolute atomic E-state index is 0.0320. The Bertz CT molecular complexity index is 1470. The summed E-state index contributed by atoms with van der Waals surface area (Å²) in [5.41, 5.74) is -5.47. The van der Waals surface area contributed by atoms with Crippen molar-refractivity contribution in [2.24, 2.45) is 22.7 Å². The summed E-state index contributed by atoms with van der Waals surface area (Å²) in [4.78, 5) is 40.4. The number of carboxylic acids is 1. The Balaban J connectivity index is 1.29. The number of aliphatic hydroxyl groups excluding tert-OH is 1. The second-order valence-corrected chi connectivity index (χ2v) is 13.4. The van der Waals surface area contributed by atoms with Crippen molar-refractivity contribution in [2.45, 2.75) is 73.1 Å². The monoisotopic (exact) mass is 576 g/mol. The first-order chi connectivity index (χ1) is 19.4. The average Bonchev–Trinajstić information content (AvgIpc) is 3.23. The minimum atomic E-state index is -2.08. The predicted molar refractivity (Wildman–Crippen MR) is 151 cm³/mol. The molecule has 6 rings (SSSR count). The number of aliphatic carboxylic acids is 1. The van der Waals surface area contributed by atoms with Gasteiger partial charge in [-0.15, -0.1) is 0 Å². The molecule has 4 aliphatic rings. The van der Waals surface area contributed by atoms with Crippen molar-refractivity contribution in [1.29, 1.82) is 0 Å².